The molecule has 5 nitrogen and oxygen atoms in total. The number of carbonyl (C=O) groups is 1. The quantitative estimate of drug-likeness (QED) is 0.394. The number of thiazole rings is 1. The van der Waals surface area contributed by atoms with Crippen LogP contribution < -0.4 is 4.90 Å². The zero-order chi connectivity index (χ0) is 20.4. The summed E-state index contributed by atoms with van der Waals surface area (Å²) < 4.78 is 1.74. The monoisotopic (exact) mass is 494 g/mol. The van der Waals surface area contributed by atoms with Gasteiger partial charge in [-0.1, -0.05) is 58.0 Å². The van der Waals surface area contributed by atoms with Crippen molar-refractivity contribution in [1.82, 2.24) is 14.8 Å². The molecule has 2 aromatic heterocycles. The van der Waals surface area contributed by atoms with Gasteiger partial charge < -0.3 is 0 Å². The lowest BCUT2D eigenvalue weighted by molar-refractivity contribution is -0.113. The molecular weight excluding hydrogens is 486 g/mol. The molecule has 1 amide bonds. The van der Waals surface area contributed by atoms with Crippen LogP contribution in [0.5, 0.6) is 0 Å². The van der Waals surface area contributed by atoms with E-state index < -0.39 is 5.91 Å². The Kier molecular flexibility index (Phi) is 6.91. The molecule has 0 saturated carbocycles. The highest BCUT2D eigenvalue weighted by atomic mass is 35.5. The van der Waals surface area contributed by atoms with Crippen molar-refractivity contribution in [3.8, 4) is 0 Å². The fraction of sp³-hybridized carbons (Fsp3) is 0.118. The summed E-state index contributed by atoms with van der Waals surface area (Å²) in [4.78, 5) is 19.6. The average molecular weight is 497 g/mol. The molecule has 3 aromatic rings. The summed E-state index contributed by atoms with van der Waals surface area (Å²) >= 11 is 31.5. The third kappa shape index (κ3) is 5.00. The Bertz CT molecular complexity index is 1040. The number of halogens is 5. The van der Waals surface area contributed by atoms with Crippen LogP contribution in [0.25, 0.3) is 5.57 Å². The Hall–Kier alpha value is -1.28. The topological polar surface area (TPSA) is 51.0 Å². The lowest BCUT2D eigenvalue weighted by Crippen LogP contribution is -2.31. The summed E-state index contributed by atoms with van der Waals surface area (Å²) in [5.74, 6) is -0.0567. The van der Waals surface area contributed by atoms with E-state index in [0.29, 0.717) is 25.9 Å². The molecule has 0 saturated heterocycles. The Morgan fingerprint density at radius 2 is 1.86 bits per heavy atom. The molecule has 0 N–H and O–H groups in total. The van der Waals surface area contributed by atoms with Gasteiger partial charge in [-0.25, -0.2) is 4.98 Å². The fourth-order valence-corrected chi connectivity index (χ4v) is 4.34. The van der Waals surface area contributed by atoms with Gasteiger partial charge in [0.15, 0.2) is 10.3 Å². The highest BCUT2D eigenvalue weighted by Gasteiger charge is 2.26. The third-order valence-corrected chi connectivity index (χ3v) is 5.53. The van der Waals surface area contributed by atoms with Crippen LogP contribution in [0.2, 0.25) is 14.5 Å². The molecular formula is C17H11Cl5N4OS. The molecule has 0 aliphatic carbocycles. The Balaban J connectivity index is 2.06. The van der Waals surface area contributed by atoms with Crippen LogP contribution in [-0.4, -0.2) is 20.7 Å². The molecule has 0 atom stereocenters. The van der Waals surface area contributed by atoms with E-state index in [1.807, 2.05) is 0 Å². The minimum atomic E-state index is -0.471. The normalized spacial score (nSPS) is 10.8. The van der Waals surface area contributed by atoms with E-state index in [9.17, 15) is 4.79 Å². The summed E-state index contributed by atoms with van der Waals surface area (Å²) in [6.07, 6.45) is 3.31. The summed E-state index contributed by atoms with van der Waals surface area (Å²) in [6.45, 7) is 0.180. The van der Waals surface area contributed by atoms with Gasteiger partial charge in [-0.2, -0.15) is 5.10 Å². The lowest BCUT2D eigenvalue weighted by Gasteiger charge is -2.21. The molecule has 0 radical (unpaired) electrons. The first kappa shape index (κ1) is 21.4. The predicted octanol–water partition coefficient (Wildman–Crippen LogP) is 6.22. The molecule has 146 valence electrons. The van der Waals surface area contributed by atoms with Crippen LogP contribution in [0, 0.1) is 0 Å². The van der Waals surface area contributed by atoms with Gasteiger partial charge in [-0.05, 0) is 23.8 Å². The highest BCUT2D eigenvalue weighted by Crippen LogP contribution is 2.33. The number of amides is 1. The van der Waals surface area contributed by atoms with Gasteiger partial charge >= 0.3 is 0 Å². The molecule has 0 unspecified atom stereocenters. The molecule has 28 heavy (non-hydrogen) atoms. The van der Waals surface area contributed by atoms with Crippen LogP contribution in [-0.2, 0) is 18.4 Å². The molecule has 1 aromatic carbocycles. The molecule has 0 spiro atoms. The van der Waals surface area contributed by atoms with E-state index in [4.69, 9.17) is 58.0 Å². The van der Waals surface area contributed by atoms with Gasteiger partial charge in [0.2, 0.25) is 0 Å². The summed E-state index contributed by atoms with van der Waals surface area (Å²) in [5.41, 5.74) is 0.444. The number of benzene rings is 1. The second-order valence-corrected chi connectivity index (χ2v) is 9.13. The largest absolute Gasteiger partial charge is 0.286 e. The van der Waals surface area contributed by atoms with Gasteiger partial charge in [-0.3, -0.25) is 14.4 Å². The van der Waals surface area contributed by atoms with Crippen LogP contribution in [0.1, 0.15) is 10.4 Å². The molecule has 0 aliphatic rings. The van der Waals surface area contributed by atoms with Crippen LogP contribution in [0.3, 0.4) is 0 Å². The van der Waals surface area contributed by atoms with E-state index in [1.165, 1.54) is 16.2 Å². The van der Waals surface area contributed by atoms with E-state index in [-0.39, 0.29) is 16.6 Å². The number of aryl methyl sites for hydroxylation is 1. The van der Waals surface area contributed by atoms with E-state index in [0.717, 1.165) is 4.88 Å². The van der Waals surface area contributed by atoms with Gasteiger partial charge in [0, 0.05) is 40.4 Å². The van der Waals surface area contributed by atoms with E-state index in [1.54, 1.807) is 48.4 Å². The Morgan fingerprint density at radius 1 is 1.18 bits per heavy atom. The second-order valence-electron chi connectivity index (χ2n) is 5.61. The van der Waals surface area contributed by atoms with Crippen molar-refractivity contribution in [2.45, 2.75) is 6.54 Å². The number of anilines is 1. The van der Waals surface area contributed by atoms with Crippen molar-refractivity contribution in [3.05, 3.63) is 66.1 Å². The van der Waals surface area contributed by atoms with Gasteiger partial charge in [0.05, 0.1) is 12.1 Å². The third-order valence-electron chi connectivity index (χ3n) is 3.61. The smallest absolute Gasteiger partial charge is 0.262 e. The molecule has 3 rings (SSSR count). The van der Waals surface area contributed by atoms with Crippen molar-refractivity contribution >= 4 is 86.6 Å². The number of carbonyl (C=O) groups excluding carboxylic acids is 1. The molecule has 0 bridgehead atoms. The van der Waals surface area contributed by atoms with Crippen LogP contribution in [0.15, 0.2) is 41.2 Å². The zero-order valence-corrected chi connectivity index (χ0v) is 18.8. The predicted molar refractivity (Wildman–Crippen MR) is 117 cm³/mol. The van der Waals surface area contributed by atoms with Crippen molar-refractivity contribution in [1.29, 1.82) is 0 Å². The molecule has 0 fully saturated rings. The van der Waals surface area contributed by atoms with Crippen LogP contribution in [0.4, 0.5) is 5.82 Å². The number of aromatic nitrogens is 3. The maximum Gasteiger partial charge on any atom is 0.262 e. The standard InChI is InChI=1S/C17H11Cl5N4OS/c1-25-3-2-13(24-25)26(8-12-7-23-17(22)28-12)16(27)14(15(20)21)9-4-10(18)6-11(19)5-9/h2-7H,8H2,1H3. The van der Waals surface area contributed by atoms with E-state index in [2.05, 4.69) is 10.1 Å². The maximum atomic E-state index is 13.4. The molecule has 2 heterocycles. The van der Waals surface area contributed by atoms with E-state index >= 15 is 0 Å². The highest BCUT2D eigenvalue weighted by molar-refractivity contribution is 7.15. The van der Waals surface area contributed by atoms with Gasteiger partial charge in [0.1, 0.15) is 4.49 Å². The summed E-state index contributed by atoms with van der Waals surface area (Å²) in [6, 6.07) is 6.37. The van der Waals surface area contributed by atoms with Crippen molar-refractivity contribution in [3.63, 3.8) is 0 Å². The maximum absolute atomic E-state index is 13.4. The average Bonchev–Trinajstić information content (AvgIpc) is 3.19. The first-order chi connectivity index (χ1) is 13.2. The summed E-state index contributed by atoms with van der Waals surface area (Å²) in [5, 5.41) is 5.01. The fourth-order valence-electron chi connectivity index (χ4n) is 2.46. The number of hydrogen-bond acceptors (Lipinski definition) is 4. The first-order valence-electron chi connectivity index (χ1n) is 7.68. The zero-order valence-electron chi connectivity index (χ0n) is 14.2. The number of rotatable bonds is 5. The van der Waals surface area contributed by atoms with Gasteiger partial charge in [0.25, 0.3) is 5.91 Å². The van der Waals surface area contributed by atoms with Crippen molar-refractivity contribution < 1.29 is 4.79 Å². The lowest BCUT2D eigenvalue weighted by atomic mass is 10.1. The SMILES string of the molecule is Cn1ccc(N(Cc2cnc(Cl)s2)C(=O)C(=C(Cl)Cl)c2cc(Cl)cc(Cl)c2)n1. The van der Waals surface area contributed by atoms with Crippen LogP contribution >= 0.6 is 69.3 Å². The Morgan fingerprint density at radius 3 is 2.36 bits per heavy atom. The summed E-state index contributed by atoms with van der Waals surface area (Å²) in [7, 11) is 1.75. The van der Waals surface area contributed by atoms with Gasteiger partial charge in [-0.15, -0.1) is 11.3 Å². The first-order valence-corrected chi connectivity index (χ1v) is 10.4. The minimum absolute atomic E-state index is 0.0500. The molecule has 11 heteroatoms. The molecule has 0 aliphatic heterocycles. The Labute approximate surface area is 190 Å². The second kappa shape index (κ2) is 9.03. The minimum Gasteiger partial charge on any atom is -0.286 e. The van der Waals surface area contributed by atoms with Crippen molar-refractivity contribution in [2.24, 2.45) is 7.05 Å². The number of hydrogen-bond donors (Lipinski definition) is 0. The number of nitrogens with zero attached hydrogens (tertiary/aromatic N) is 4. The van der Waals surface area contributed by atoms with Crippen molar-refractivity contribution in [2.75, 3.05) is 4.90 Å².